The van der Waals surface area contributed by atoms with Crippen molar-refractivity contribution in [3.63, 3.8) is 0 Å². The second-order valence-electron chi connectivity index (χ2n) is 10.7. The normalized spacial score (nSPS) is 17.9. The number of likely N-dealkylation sites (N-methyl/N-ethyl adjacent to an activating group) is 1. The van der Waals surface area contributed by atoms with Gasteiger partial charge in [0.25, 0.3) is 0 Å². The number of hydrogen-bond donors (Lipinski definition) is 1. The number of aldehydes is 1. The van der Waals surface area contributed by atoms with E-state index >= 15 is 0 Å². The SMILES string of the molecule is C[C@@H](C(=O)N[C@H](C(=O)N1Cc2ccccc2C[C@H]1C=O)C(C)(C)C)N(C)C(=O)OC(C)(C)C. The van der Waals surface area contributed by atoms with Crippen molar-refractivity contribution >= 4 is 24.2 Å². The molecule has 3 atom stereocenters. The lowest BCUT2D eigenvalue weighted by Gasteiger charge is -2.40. The summed E-state index contributed by atoms with van der Waals surface area (Å²) in [4.78, 5) is 53.6. The van der Waals surface area contributed by atoms with Gasteiger partial charge in [-0.05, 0) is 44.2 Å². The highest BCUT2D eigenvalue weighted by Crippen LogP contribution is 2.27. The minimum atomic E-state index is -0.882. The number of nitrogens with zero attached hydrogens (tertiary/aromatic N) is 2. The summed E-state index contributed by atoms with van der Waals surface area (Å²) in [6.45, 7) is 12.7. The zero-order valence-electron chi connectivity index (χ0n) is 21.0. The Kier molecular flexibility index (Phi) is 7.93. The van der Waals surface area contributed by atoms with Crippen LogP contribution in [0.1, 0.15) is 59.6 Å². The lowest BCUT2D eigenvalue weighted by atomic mass is 9.84. The highest BCUT2D eigenvalue weighted by atomic mass is 16.6. The summed E-state index contributed by atoms with van der Waals surface area (Å²) in [6, 6.07) is 5.38. The van der Waals surface area contributed by atoms with E-state index in [-0.39, 0.29) is 5.91 Å². The van der Waals surface area contributed by atoms with Gasteiger partial charge < -0.3 is 19.7 Å². The number of nitrogens with one attached hydrogen (secondary N) is 1. The van der Waals surface area contributed by atoms with Crippen LogP contribution < -0.4 is 5.32 Å². The van der Waals surface area contributed by atoms with Crippen LogP contribution in [-0.4, -0.2) is 64.8 Å². The maximum absolute atomic E-state index is 13.6. The van der Waals surface area contributed by atoms with Gasteiger partial charge in [0.05, 0.1) is 6.04 Å². The number of carbonyl (C=O) groups excluding carboxylic acids is 4. The van der Waals surface area contributed by atoms with E-state index in [9.17, 15) is 19.2 Å². The number of rotatable bonds is 5. The molecule has 0 unspecified atom stereocenters. The molecule has 0 aromatic heterocycles. The Labute approximate surface area is 196 Å². The van der Waals surface area contributed by atoms with E-state index in [0.29, 0.717) is 13.0 Å². The number of amides is 3. The first kappa shape index (κ1) is 26.4. The van der Waals surface area contributed by atoms with Crippen LogP contribution in [0, 0.1) is 5.41 Å². The summed E-state index contributed by atoms with van der Waals surface area (Å²) in [5.74, 6) is -0.800. The summed E-state index contributed by atoms with van der Waals surface area (Å²) in [7, 11) is 1.48. The molecule has 0 aliphatic carbocycles. The van der Waals surface area contributed by atoms with Crippen molar-refractivity contribution in [3.8, 4) is 0 Å². The molecule has 1 aliphatic rings. The molecule has 1 N–H and O–H groups in total. The van der Waals surface area contributed by atoms with Gasteiger partial charge in [-0.2, -0.15) is 0 Å². The summed E-state index contributed by atoms with van der Waals surface area (Å²) >= 11 is 0. The third-order valence-electron chi connectivity index (χ3n) is 5.77. The first-order valence-electron chi connectivity index (χ1n) is 11.2. The third-order valence-corrected chi connectivity index (χ3v) is 5.77. The number of fused-ring (bicyclic) bond motifs is 1. The van der Waals surface area contributed by atoms with Crippen molar-refractivity contribution in [2.75, 3.05) is 7.05 Å². The Bertz CT molecular complexity index is 900. The fraction of sp³-hybridized carbons (Fsp3) is 0.600. The van der Waals surface area contributed by atoms with Crippen molar-refractivity contribution in [1.29, 1.82) is 0 Å². The van der Waals surface area contributed by atoms with Gasteiger partial charge >= 0.3 is 6.09 Å². The molecule has 3 amide bonds. The average Bonchev–Trinajstić information content (AvgIpc) is 2.72. The number of carbonyl (C=O) groups is 4. The molecule has 182 valence electrons. The first-order valence-corrected chi connectivity index (χ1v) is 11.2. The second kappa shape index (κ2) is 9.93. The van der Waals surface area contributed by atoms with Gasteiger partial charge in [-0.3, -0.25) is 14.5 Å². The van der Waals surface area contributed by atoms with E-state index in [4.69, 9.17) is 4.74 Å². The van der Waals surface area contributed by atoms with Gasteiger partial charge in [0, 0.05) is 20.0 Å². The van der Waals surface area contributed by atoms with E-state index in [0.717, 1.165) is 17.4 Å². The summed E-state index contributed by atoms with van der Waals surface area (Å²) in [5, 5.41) is 2.83. The summed E-state index contributed by atoms with van der Waals surface area (Å²) in [6.07, 6.45) is 0.597. The van der Waals surface area contributed by atoms with Crippen LogP contribution in [0.15, 0.2) is 24.3 Å². The van der Waals surface area contributed by atoms with Crippen molar-refractivity contribution < 1.29 is 23.9 Å². The topological polar surface area (TPSA) is 96.0 Å². The van der Waals surface area contributed by atoms with E-state index in [1.165, 1.54) is 16.8 Å². The van der Waals surface area contributed by atoms with Gasteiger partial charge in [0.1, 0.15) is 24.0 Å². The van der Waals surface area contributed by atoms with Gasteiger partial charge in [-0.1, -0.05) is 45.0 Å². The maximum Gasteiger partial charge on any atom is 0.410 e. The van der Waals surface area contributed by atoms with E-state index in [1.807, 2.05) is 45.0 Å². The van der Waals surface area contributed by atoms with E-state index < -0.39 is 41.1 Å². The van der Waals surface area contributed by atoms with Crippen LogP contribution in [0.4, 0.5) is 4.79 Å². The van der Waals surface area contributed by atoms with Crippen LogP contribution in [0.25, 0.3) is 0 Å². The lowest BCUT2D eigenvalue weighted by molar-refractivity contribution is -0.144. The molecule has 2 rings (SSSR count). The Morgan fingerprint density at radius 1 is 1.12 bits per heavy atom. The molecule has 0 fully saturated rings. The first-order chi connectivity index (χ1) is 15.2. The average molecular weight is 460 g/mol. The molecule has 8 heteroatoms. The number of benzene rings is 1. The number of hydrogen-bond acceptors (Lipinski definition) is 5. The molecular formula is C25H37N3O5. The number of ether oxygens (including phenoxy) is 1. The monoisotopic (exact) mass is 459 g/mol. The molecule has 0 radical (unpaired) electrons. The highest BCUT2D eigenvalue weighted by Gasteiger charge is 2.41. The van der Waals surface area contributed by atoms with Crippen LogP contribution in [0.3, 0.4) is 0 Å². The van der Waals surface area contributed by atoms with Crippen LogP contribution >= 0.6 is 0 Å². The molecule has 0 saturated carbocycles. The van der Waals surface area contributed by atoms with Gasteiger partial charge in [0.15, 0.2) is 0 Å². The smallest absolute Gasteiger partial charge is 0.410 e. The predicted octanol–water partition coefficient (Wildman–Crippen LogP) is 2.93. The molecule has 0 bridgehead atoms. The van der Waals surface area contributed by atoms with Crippen molar-refractivity contribution in [2.45, 2.75) is 85.2 Å². The summed E-state index contributed by atoms with van der Waals surface area (Å²) in [5.41, 5.74) is 0.713. The van der Waals surface area contributed by atoms with Gasteiger partial charge in [-0.25, -0.2) is 4.79 Å². The van der Waals surface area contributed by atoms with Crippen LogP contribution in [-0.2, 0) is 32.1 Å². The summed E-state index contributed by atoms with van der Waals surface area (Å²) < 4.78 is 5.34. The fourth-order valence-electron chi connectivity index (χ4n) is 3.66. The Balaban J connectivity index is 2.22. The largest absolute Gasteiger partial charge is 0.444 e. The quantitative estimate of drug-likeness (QED) is 0.683. The molecule has 1 aliphatic heterocycles. The molecule has 0 saturated heterocycles. The molecule has 1 aromatic rings. The molecule has 1 heterocycles. The molecule has 1 aromatic carbocycles. The van der Waals surface area contributed by atoms with Crippen molar-refractivity contribution in [2.24, 2.45) is 5.41 Å². The van der Waals surface area contributed by atoms with Gasteiger partial charge in [0.2, 0.25) is 11.8 Å². The Morgan fingerprint density at radius 2 is 1.70 bits per heavy atom. The van der Waals surface area contributed by atoms with E-state index in [1.54, 1.807) is 27.7 Å². The van der Waals surface area contributed by atoms with Crippen molar-refractivity contribution in [3.05, 3.63) is 35.4 Å². The highest BCUT2D eigenvalue weighted by molar-refractivity contribution is 5.92. The molecular weight excluding hydrogens is 422 g/mol. The lowest BCUT2D eigenvalue weighted by Crippen LogP contribution is -2.60. The van der Waals surface area contributed by atoms with Crippen molar-refractivity contribution in [1.82, 2.24) is 15.1 Å². The standard InChI is InChI=1S/C25H37N3O5/c1-16(27(8)23(32)33-25(5,6)7)21(30)26-20(24(2,3)4)22(31)28-14-18-12-10-9-11-17(18)13-19(28)15-29/h9-12,15-16,19-20H,13-14H2,1-8H3,(H,26,30)/t16-,19-,20+/m0/s1. The van der Waals surface area contributed by atoms with Gasteiger partial charge in [-0.15, -0.1) is 0 Å². The Hall–Kier alpha value is -2.90. The third kappa shape index (κ3) is 6.55. The van der Waals surface area contributed by atoms with Crippen LogP contribution in [0.2, 0.25) is 0 Å². The Morgan fingerprint density at radius 3 is 2.21 bits per heavy atom. The van der Waals surface area contributed by atoms with Crippen LogP contribution in [0.5, 0.6) is 0 Å². The predicted molar refractivity (Wildman–Crippen MR) is 125 cm³/mol. The minimum absolute atomic E-state index is 0.300. The fourth-order valence-corrected chi connectivity index (χ4v) is 3.66. The second-order valence-corrected chi connectivity index (χ2v) is 10.7. The molecule has 0 spiro atoms. The molecule has 33 heavy (non-hydrogen) atoms. The molecule has 8 nitrogen and oxygen atoms in total. The zero-order valence-corrected chi connectivity index (χ0v) is 21.0. The van der Waals surface area contributed by atoms with E-state index in [2.05, 4.69) is 5.32 Å². The maximum atomic E-state index is 13.6. The zero-order chi connectivity index (χ0) is 25.1. The minimum Gasteiger partial charge on any atom is -0.444 e.